The van der Waals surface area contributed by atoms with E-state index >= 15 is 0 Å². The molecule has 3 rings (SSSR count). The van der Waals surface area contributed by atoms with Crippen LogP contribution < -0.4 is 4.74 Å². The Labute approximate surface area is 142 Å². The lowest BCUT2D eigenvalue weighted by Gasteiger charge is -2.32. The minimum Gasteiger partial charge on any atom is -0.482 e. The number of hydrogen-bond acceptors (Lipinski definition) is 4. The van der Waals surface area contributed by atoms with E-state index in [1.165, 1.54) is 5.56 Å². The molecule has 0 unspecified atom stereocenters. The van der Waals surface area contributed by atoms with Crippen LogP contribution in [0.2, 0.25) is 0 Å². The number of benzene rings is 1. The molecule has 5 heteroatoms. The van der Waals surface area contributed by atoms with Crippen LogP contribution in [0.3, 0.4) is 0 Å². The summed E-state index contributed by atoms with van der Waals surface area (Å²) in [7, 11) is 0. The molecular formula is C19H26O5. The van der Waals surface area contributed by atoms with Gasteiger partial charge in [0.1, 0.15) is 5.75 Å². The van der Waals surface area contributed by atoms with Crippen molar-refractivity contribution in [3.05, 3.63) is 29.3 Å². The van der Waals surface area contributed by atoms with Gasteiger partial charge < -0.3 is 20.1 Å². The molecule has 0 saturated heterocycles. The number of carbonyl (C=O) groups is 1. The molecule has 2 aliphatic carbocycles. The van der Waals surface area contributed by atoms with Crippen LogP contribution in [-0.2, 0) is 17.6 Å². The lowest BCUT2D eigenvalue weighted by Crippen LogP contribution is -2.28. The average Bonchev–Trinajstić information content (AvgIpc) is 2.83. The highest BCUT2D eigenvalue weighted by Crippen LogP contribution is 2.48. The molecule has 0 heterocycles. The third kappa shape index (κ3) is 3.57. The van der Waals surface area contributed by atoms with E-state index in [4.69, 9.17) is 9.84 Å². The van der Waals surface area contributed by atoms with Crippen molar-refractivity contribution in [3.8, 4) is 5.75 Å². The summed E-state index contributed by atoms with van der Waals surface area (Å²) >= 11 is 0. The fourth-order valence-electron chi connectivity index (χ4n) is 4.51. The van der Waals surface area contributed by atoms with Crippen molar-refractivity contribution >= 4 is 5.97 Å². The van der Waals surface area contributed by atoms with E-state index in [0.29, 0.717) is 17.6 Å². The molecule has 3 N–H and O–H groups in total. The van der Waals surface area contributed by atoms with E-state index < -0.39 is 5.97 Å². The van der Waals surface area contributed by atoms with Gasteiger partial charge in [0.25, 0.3) is 0 Å². The lowest BCUT2D eigenvalue weighted by molar-refractivity contribution is -0.139. The summed E-state index contributed by atoms with van der Waals surface area (Å²) in [5, 5.41) is 28.8. The minimum absolute atomic E-state index is 0.237. The first-order valence-electron chi connectivity index (χ1n) is 8.77. The second-order valence-corrected chi connectivity index (χ2v) is 7.30. The Balaban J connectivity index is 1.77. The van der Waals surface area contributed by atoms with Gasteiger partial charge in [-0.2, -0.15) is 0 Å². The van der Waals surface area contributed by atoms with Crippen LogP contribution in [0.15, 0.2) is 18.2 Å². The number of rotatable bonds is 6. The molecule has 5 nitrogen and oxygen atoms in total. The zero-order valence-corrected chi connectivity index (χ0v) is 14.0. The molecule has 24 heavy (non-hydrogen) atoms. The largest absolute Gasteiger partial charge is 0.482 e. The number of hydrogen-bond donors (Lipinski definition) is 3. The molecule has 2 aliphatic rings. The van der Waals surface area contributed by atoms with Gasteiger partial charge >= 0.3 is 5.97 Å². The number of aliphatic hydroxyl groups is 2. The molecule has 1 saturated carbocycles. The molecular weight excluding hydrogens is 308 g/mol. The topological polar surface area (TPSA) is 87.0 Å². The predicted octanol–water partition coefficient (Wildman–Crippen LogP) is 2.02. The number of carboxylic acids is 1. The van der Waals surface area contributed by atoms with Gasteiger partial charge in [0.05, 0.1) is 12.2 Å². The highest BCUT2D eigenvalue weighted by Gasteiger charge is 2.44. The highest BCUT2D eigenvalue weighted by atomic mass is 16.5. The smallest absolute Gasteiger partial charge is 0.341 e. The lowest BCUT2D eigenvalue weighted by atomic mass is 9.73. The SMILES string of the molecule is C[C@H](O)CC[C@@H]1[C@@H]2Cc3cccc(OCC(=O)O)c3C[C@H]2C[C@H]1O. The Hall–Kier alpha value is -1.59. The fraction of sp³-hybridized carbons (Fsp3) is 0.632. The molecule has 0 bridgehead atoms. The standard InChI is InChI=1S/C19H26O5/c1-11(20)5-6-14-15-7-12-3-2-4-18(24-10-19(22)23)16(12)8-13(15)9-17(14)21/h2-4,11,13-15,17,20-21H,5-10H2,1H3,(H,22,23)/t11-,13-,14+,15+,17+/m0/s1. The minimum atomic E-state index is -0.976. The quantitative estimate of drug-likeness (QED) is 0.741. The van der Waals surface area contributed by atoms with Crippen molar-refractivity contribution in [3.63, 3.8) is 0 Å². The maximum atomic E-state index is 10.8. The summed E-state index contributed by atoms with van der Waals surface area (Å²) in [5.41, 5.74) is 2.30. The molecule has 0 aliphatic heterocycles. The number of aliphatic carboxylic acids is 1. The maximum absolute atomic E-state index is 10.8. The Morgan fingerprint density at radius 1 is 1.38 bits per heavy atom. The van der Waals surface area contributed by atoms with Gasteiger partial charge in [-0.3, -0.25) is 0 Å². The zero-order valence-electron chi connectivity index (χ0n) is 14.0. The summed E-state index contributed by atoms with van der Waals surface area (Å²) in [4.78, 5) is 10.8. The van der Waals surface area contributed by atoms with Crippen LogP contribution in [0.5, 0.6) is 5.75 Å². The van der Waals surface area contributed by atoms with Crippen molar-refractivity contribution in [1.82, 2.24) is 0 Å². The van der Waals surface area contributed by atoms with Crippen molar-refractivity contribution in [1.29, 1.82) is 0 Å². The Morgan fingerprint density at radius 2 is 2.17 bits per heavy atom. The van der Waals surface area contributed by atoms with Gasteiger partial charge in [-0.15, -0.1) is 0 Å². The Morgan fingerprint density at radius 3 is 2.88 bits per heavy atom. The predicted molar refractivity (Wildman–Crippen MR) is 89.0 cm³/mol. The number of aliphatic hydroxyl groups excluding tert-OH is 2. The highest BCUT2D eigenvalue weighted by molar-refractivity contribution is 5.68. The fourth-order valence-corrected chi connectivity index (χ4v) is 4.51. The molecule has 1 aromatic carbocycles. The van der Waals surface area contributed by atoms with E-state index in [2.05, 4.69) is 6.07 Å². The van der Waals surface area contributed by atoms with Crippen LogP contribution in [-0.4, -0.2) is 40.1 Å². The monoisotopic (exact) mass is 334 g/mol. The first-order chi connectivity index (χ1) is 11.5. The van der Waals surface area contributed by atoms with Gasteiger partial charge in [0, 0.05) is 0 Å². The van der Waals surface area contributed by atoms with E-state index in [0.717, 1.165) is 37.7 Å². The van der Waals surface area contributed by atoms with Crippen molar-refractivity contribution in [2.24, 2.45) is 17.8 Å². The Bertz CT molecular complexity index is 597. The van der Waals surface area contributed by atoms with Crippen LogP contribution in [0.4, 0.5) is 0 Å². The number of ether oxygens (including phenoxy) is 1. The molecule has 5 atom stereocenters. The summed E-state index contributed by atoms with van der Waals surface area (Å²) in [6.45, 7) is 1.46. The average molecular weight is 334 g/mol. The second kappa shape index (κ2) is 7.11. The van der Waals surface area contributed by atoms with E-state index in [9.17, 15) is 15.0 Å². The van der Waals surface area contributed by atoms with Crippen molar-refractivity contribution in [2.75, 3.05) is 6.61 Å². The molecule has 1 aromatic rings. The normalized spacial score (nSPS) is 29.6. The molecule has 0 amide bonds. The summed E-state index contributed by atoms with van der Waals surface area (Å²) in [6, 6.07) is 5.82. The third-order valence-electron chi connectivity index (χ3n) is 5.61. The van der Waals surface area contributed by atoms with Gasteiger partial charge in [-0.1, -0.05) is 12.1 Å². The second-order valence-electron chi connectivity index (χ2n) is 7.30. The van der Waals surface area contributed by atoms with E-state index in [1.54, 1.807) is 6.92 Å². The Kier molecular flexibility index (Phi) is 5.11. The van der Waals surface area contributed by atoms with Crippen LogP contribution in [0.25, 0.3) is 0 Å². The summed E-state index contributed by atoms with van der Waals surface area (Å²) < 4.78 is 5.45. The van der Waals surface area contributed by atoms with Gasteiger partial charge in [0.15, 0.2) is 6.61 Å². The number of carboxylic acid groups (broad SMARTS) is 1. The molecule has 1 fully saturated rings. The van der Waals surface area contributed by atoms with Crippen molar-refractivity contribution in [2.45, 2.75) is 51.2 Å². The van der Waals surface area contributed by atoms with Gasteiger partial charge in [-0.05, 0) is 74.0 Å². The van der Waals surface area contributed by atoms with Crippen LogP contribution in [0.1, 0.15) is 37.3 Å². The first kappa shape index (κ1) is 17.2. The number of fused-ring (bicyclic) bond motifs is 2. The van der Waals surface area contributed by atoms with Crippen LogP contribution >= 0.6 is 0 Å². The van der Waals surface area contributed by atoms with Gasteiger partial charge in [-0.25, -0.2) is 4.79 Å². The van der Waals surface area contributed by atoms with Gasteiger partial charge in [0.2, 0.25) is 0 Å². The van der Waals surface area contributed by atoms with Crippen LogP contribution in [0, 0.1) is 17.8 Å². The summed E-state index contributed by atoms with van der Waals surface area (Å²) in [6.07, 6.45) is 3.44. The third-order valence-corrected chi connectivity index (χ3v) is 5.61. The molecule has 0 spiro atoms. The molecule has 0 aromatic heterocycles. The van der Waals surface area contributed by atoms with E-state index in [1.807, 2.05) is 12.1 Å². The molecule has 0 radical (unpaired) electrons. The summed E-state index contributed by atoms with van der Waals surface area (Å²) in [5.74, 6) is 0.759. The molecule has 132 valence electrons. The first-order valence-corrected chi connectivity index (χ1v) is 8.77. The van der Waals surface area contributed by atoms with Crippen molar-refractivity contribution < 1.29 is 24.9 Å². The zero-order chi connectivity index (χ0) is 17.3. The maximum Gasteiger partial charge on any atom is 0.341 e. The van der Waals surface area contributed by atoms with E-state index in [-0.39, 0.29) is 24.7 Å².